The Labute approximate surface area is 111 Å². The van der Waals surface area contributed by atoms with Crippen LogP contribution in [0.1, 0.15) is 11.3 Å². The van der Waals surface area contributed by atoms with E-state index >= 15 is 0 Å². The third kappa shape index (κ3) is 2.98. The Morgan fingerprint density at radius 1 is 1.21 bits per heavy atom. The fourth-order valence-corrected chi connectivity index (χ4v) is 1.89. The van der Waals surface area contributed by atoms with Crippen LogP contribution >= 0.6 is 12.2 Å². The van der Waals surface area contributed by atoms with E-state index in [0.29, 0.717) is 17.5 Å². The average molecular weight is 288 g/mol. The Morgan fingerprint density at radius 3 is 2.42 bits per heavy atom. The second-order valence-corrected chi connectivity index (χ2v) is 4.33. The molecule has 0 atom stereocenters. The van der Waals surface area contributed by atoms with E-state index in [9.17, 15) is 17.6 Å². The van der Waals surface area contributed by atoms with Crippen molar-refractivity contribution < 1.29 is 17.6 Å². The number of aromatic nitrogens is 2. The van der Waals surface area contributed by atoms with Gasteiger partial charge in [-0.05, 0) is 37.3 Å². The molecule has 7 heteroatoms. The number of rotatable bonds is 1. The Bertz CT molecular complexity index is 676. The Kier molecular flexibility index (Phi) is 3.40. The first-order chi connectivity index (χ1) is 8.77. The van der Waals surface area contributed by atoms with E-state index in [0.717, 1.165) is 6.07 Å². The molecule has 1 heterocycles. The van der Waals surface area contributed by atoms with Crippen molar-refractivity contribution in [1.82, 2.24) is 9.97 Å². The summed E-state index contributed by atoms with van der Waals surface area (Å²) in [5, 5.41) is 0. The zero-order valence-corrected chi connectivity index (χ0v) is 10.5. The molecule has 0 aliphatic carbocycles. The van der Waals surface area contributed by atoms with Crippen molar-refractivity contribution in [2.75, 3.05) is 0 Å². The molecule has 0 radical (unpaired) electrons. The second-order valence-electron chi connectivity index (χ2n) is 3.95. The molecule has 100 valence electrons. The van der Waals surface area contributed by atoms with Gasteiger partial charge in [0.1, 0.15) is 5.82 Å². The van der Waals surface area contributed by atoms with Gasteiger partial charge in [-0.15, -0.1) is 0 Å². The summed E-state index contributed by atoms with van der Waals surface area (Å²) in [7, 11) is 0. The summed E-state index contributed by atoms with van der Waals surface area (Å²) in [6.45, 7) is 1.72. The van der Waals surface area contributed by atoms with Crippen LogP contribution in [0, 0.1) is 17.5 Å². The number of benzene rings is 1. The summed E-state index contributed by atoms with van der Waals surface area (Å²) in [5.41, 5.74) is -0.0352. The second kappa shape index (κ2) is 4.73. The number of halogens is 4. The summed E-state index contributed by atoms with van der Waals surface area (Å²) in [6.07, 6.45) is -4.71. The molecule has 0 fully saturated rings. The molecule has 1 aromatic carbocycles. The van der Waals surface area contributed by atoms with Crippen molar-refractivity contribution in [2.45, 2.75) is 13.1 Å². The molecule has 0 bridgehead atoms. The zero-order chi connectivity index (χ0) is 14.2. The molecule has 0 spiro atoms. The zero-order valence-electron chi connectivity index (χ0n) is 9.68. The molecule has 2 rings (SSSR count). The lowest BCUT2D eigenvalue weighted by Crippen LogP contribution is -2.08. The van der Waals surface area contributed by atoms with Gasteiger partial charge in [-0.3, -0.25) is 0 Å². The lowest BCUT2D eigenvalue weighted by Gasteiger charge is -2.09. The summed E-state index contributed by atoms with van der Waals surface area (Å²) in [6, 6.07) is 4.25. The molecule has 0 amide bonds. The first-order valence-corrected chi connectivity index (χ1v) is 5.63. The summed E-state index contributed by atoms with van der Waals surface area (Å²) in [5.74, 6) is -1.33. The summed E-state index contributed by atoms with van der Waals surface area (Å²) in [4.78, 5) is 6.71. The predicted molar refractivity (Wildman–Crippen MR) is 64.6 cm³/mol. The van der Waals surface area contributed by atoms with E-state index < -0.39 is 17.6 Å². The van der Waals surface area contributed by atoms with Gasteiger partial charge >= 0.3 is 6.18 Å². The topological polar surface area (TPSA) is 28.7 Å². The summed E-state index contributed by atoms with van der Waals surface area (Å²) < 4.78 is 50.9. The SMILES string of the molecule is Cc1cc(-c2ccc(C(F)(F)F)c(F)c2)nc(=S)[nH]1. The van der Waals surface area contributed by atoms with E-state index in [1.54, 1.807) is 13.0 Å². The number of hydrogen-bond donors (Lipinski definition) is 1. The van der Waals surface area contributed by atoms with Crippen LogP contribution in [0.5, 0.6) is 0 Å². The summed E-state index contributed by atoms with van der Waals surface area (Å²) >= 11 is 4.86. The number of hydrogen-bond acceptors (Lipinski definition) is 2. The molecular weight excluding hydrogens is 280 g/mol. The lowest BCUT2D eigenvalue weighted by atomic mass is 10.1. The molecule has 0 aliphatic heterocycles. The van der Waals surface area contributed by atoms with Gasteiger partial charge in [0.2, 0.25) is 0 Å². The van der Waals surface area contributed by atoms with Gasteiger partial charge < -0.3 is 4.98 Å². The van der Waals surface area contributed by atoms with Crippen LogP contribution in [-0.2, 0) is 6.18 Å². The maximum absolute atomic E-state index is 13.5. The normalized spacial score (nSPS) is 11.6. The van der Waals surface area contributed by atoms with Crippen LogP contribution < -0.4 is 0 Å². The van der Waals surface area contributed by atoms with Gasteiger partial charge in [0.05, 0.1) is 11.3 Å². The largest absolute Gasteiger partial charge is 0.419 e. The minimum absolute atomic E-state index is 0.190. The quantitative estimate of drug-likeness (QED) is 0.627. The number of aryl methyl sites for hydroxylation is 1. The molecule has 0 saturated heterocycles. The number of nitrogens with zero attached hydrogens (tertiary/aromatic N) is 1. The molecule has 2 nitrogen and oxygen atoms in total. The minimum atomic E-state index is -4.71. The third-order valence-corrected chi connectivity index (χ3v) is 2.64. The van der Waals surface area contributed by atoms with Gasteiger partial charge in [-0.2, -0.15) is 13.2 Å². The number of aromatic amines is 1. The predicted octanol–water partition coefficient (Wildman–Crippen LogP) is 4.27. The van der Waals surface area contributed by atoms with Crippen molar-refractivity contribution >= 4 is 12.2 Å². The molecule has 19 heavy (non-hydrogen) atoms. The van der Waals surface area contributed by atoms with Crippen molar-refractivity contribution in [3.8, 4) is 11.3 Å². The molecular formula is C12H8F4N2S. The van der Waals surface area contributed by atoms with Gasteiger partial charge in [0.15, 0.2) is 4.77 Å². The average Bonchev–Trinajstić information content (AvgIpc) is 2.25. The standard InChI is InChI=1S/C12H8F4N2S/c1-6-4-10(18-11(19)17-6)7-2-3-8(9(13)5-7)12(14,15)16/h2-5H,1H3,(H,17,18,19). The number of nitrogens with one attached hydrogen (secondary N) is 1. The van der Waals surface area contributed by atoms with E-state index in [-0.39, 0.29) is 10.3 Å². The molecule has 1 N–H and O–H groups in total. The van der Waals surface area contributed by atoms with Gasteiger partial charge in [0, 0.05) is 11.3 Å². The van der Waals surface area contributed by atoms with Crippen molar-refractivity contribution in [3.05, 3.63) is 46.1 Å². The van der Waals surface area contributed by atoms with Crippen LogP contribution in [0.4, 0.5) is 17.6 Å². The lowest BCUT2D eigenvalue weighted by molar-refractivity contribution is -0.139. The van der Waals surface area contributed by atoms with Gasteiger partial charge in [-0.25, -0.2) is 9.37 Å². The number of H-pyrrole nitrogens is 1. The Morgan fingerprint density at radius 2 is 1.89 bits per heavy atom. The van der Waals surface area contributed by atoms with Gasteiger partial charge in [0.25, 0.3) is 0 Å². The highest BCUT2D eigenvalue weighted by molar-refractivity contribution is 7.71. The maximum Gasteiger partial charge on any atom is 0.419 e. The van der Waals surface area contributed by atoms with E-state index in [1.807, 2.05) is 0 Å². The highest BCUT2D eigenvalue weighted by atomic mass is 32.1. The van der Waals surface area contributed by atoms with Crippen LogP contribution in [-0.4, -0.2) is 9.97 Å². The van der Waals surface area contributed by atoms with Crippen LogP contribution in [0.2, 0.25) is 0 Å². The Hall–Kier alpha value is -1.76. The van der Waals surface area contributed by atoms with Crippen LogP contribution in [0.3, 0.4) is 0 Å². The maximum atomic E-state index is 13.5. The first-order valence-electron chi connectivity index (χ1n) is 5.22. The van der Waals surface area contributed by atoms with E-state index in [1.165, 1.54) is 6.07 Å². The monoisotopic (exact) mass is 288 g/mol. The molecule has 2 aromatic rings. The molecule has 0 aliphatic rings. The van der Waals surface area contributed by atoms with Gasteiger partial charge in [-0.1, -0.05) is 6.07 Å². The fraction of sp³-hybridized carbons (Fsp3) is 0.167. The number of alkyl halides is 3. The minimum Gasteiger partial charge on any atom is -0.335 e. The Balaban J connectivity index is 2.53. The van der Waals surface area contributed by atoms with Crippen molar-refractivity contribution in [2.24, 2.45) is 0 Å². The molecule has 0 unspecified atom stereocenters. The highest BCUT2D eigenvalue weighted by Gasteiger charge is 2.33. The molecule has 1 aromatic heterocycles. The molecule has 0 saturated carbocycles. The van der Waals surface area contributed by atoms with Crippen molar-refractivity contribution in [3.63, 3.8) is 0 Å². The van der Waals surface area contributed by atoms with E-state index in [4.69, 9.17) is 12.2 Å². The van der Waals surface area contributed by atoms with Crippen molar-refractivity contribution in [1.29, 1.82) is 0 Å². The van der Waals surface area contributed by atoms with Crippen LogP contribution in [0.15, 0.2) is 24.3 Å². The smallest absolute Gasteiger partial charge is 0.335 e. The first kappa shape index (κ1) is 13.7. The third-order valence-electron chi connectivity index (χ3n) is 2.45. The van der Waals surface area contributed by atoms with Crippen LogP contribution in [0.25, 0.3) is 11.3 Å². The van der Waals surface area contributed by atoms with E-state index in [2.05, 4.69) is 9.97 Å². The highest BCUT2D eigenvalue weighted by Crippen LogP contribution is 2.33. The fourth-order valence-electron chi connectivity index (χ4n) is 1.63.